The normalized spacial score (nSPS) is 16.6. The first-order valence-electron chi connectivity index (χ1n) is 13.2. The molecular weight excluding hydrogens is 486 g/mol. The predicted molar refractivity (Wildman–Crippen MR) is 147 cm³/mol. The summed E-state index contributed by atoms with van der Waals surface area (Å²) in [5.74, 6) is 0.401. The Morgan fingerprint density at radius 3 is 1.21 bits per heavy atom. The van der Waals surface area contributed by atoms with Crippen LogP contribution in [0.25, 0.3) is 0 Å². The van der Waals surface area contributed by atoms with E-state index in [1.165, 1.54) is 16.7 Å². The molecule has 0 saturated carbocycles. The van der Waals surface area contributed by atoms with Gasteiger partial charge in [-0.25, -0.2) is 0 Å². The highest BCUT2D eigenvalue weighted by atomic mass is 15.3. The van der Waals surface area contributed by atoms with E-state index in [-0.39, 0.29) is 17.8 Å². The zero-order valence-electron chi connectivity index (χ0n) is 21.2. The summed E-state index contributed by atoms with van der Waals surface area (Å²) in [6.07, 6.45) is 27.1. The Balaban J connectivity index is 1.27. The van der Waals surface area contributed by atoms with Crippen LogP contribution in [0.1, 0.15) is 68.6 Å². The van der Waals surface area contributed by atoms with Crippen LogP contribution in [0.15, 0.2) is 91.1 Å². The molecule has 3 aliphatic carbocycles. The van der Waals surface area contributed by atoms with Crippen LogP contribution in [0, 0.1) is 0 Å². The minimum absolute atomic E-state index is 0.125. The van der Waals surface area contributed by atoms with E-state index in [0.29, 0.717) is 19.3 Å². The lowest BCUT2D eigenvalue weighted by atomic mass is 9.89. The summed E-state index contributed by atoms with van der Waals surface area (Å²) >= 11 is 0. The molecule has 9 heteroatoms. The lowest BCUT2D eigenvalue weighted by Crippen LogP contribution is -2.08. The average molecular weight is 514 g/mol. The molecule has 7 rings (SSSR count). The first-order valence-corrected chi connectivity index (χ1v) is 13.2. The van der Waals surface area contributed by atoms with Crippen molar-refractivity contribution in [2.45, 2.75) is 37.0 Å². The van der Waals surface area contributed by atoms with Gasteiger partial charge < -0.3 is 0 Å². The number of benzene rings is 1. The maximum absolute atomic E-state index is 4.58. The van der Waals surface area contributed by atoms with Crippen molar-refractivity contribution in [2.24, 2.45) is 0 Å². The fraction of sp³-hybridized carbons (Fsp3) is 0.200. The molecule has 0 fully saturated rings. The van der Waals surface area contributed by atoms with Gasteiger partial charge in [0.15, 0.2) is 0 Å². The summed E-state index contributed by atoms with van der Waals surface area (Å²) in [5, 5.41) is 35.7. The molecule has 4 aromatic rings. The number of hydrogen-bond acceptors (Lipinski definition) is 6. The highest BCUT2D eigenvalue weighted by Gasteiger charge is 2.24. The number of rotatable bonds is 9. The zero-order valence-corrected chi connectivity index (χ0v) is 21.2. The van der Waals surface area contributed by atoms with Gasteiger partial charge in [0.1, 0.15) is 0 Å². The molecule has 0 amide bonds. The molecule has 3 aliphatic rings. The Hall–Kier alpha value is -4.92. The monoisotopic (exact) mass is 513 g/mol. The summed E-state index contributed by atoms with van der Waals surface area (Å²) in [6.45, 7) is 0. The van der Waals surface area contributed by atoms with Gasteiger partial charge in [0.05, 0.1) is 34.2 Å². The molecule has 0 spiro atoms. The number of hydrogen-bond donors (Lipinski definition) is 3. The molecule has 0 aliphatic heterocycles. The average Bonchev–Trinajstić information content (AvgIpc) is 3.77. The topological polar surface area (TPSA) is 125 Å². The molecule has 3 heterocycles. The standard InChI is InChI=1S/C30H27N9/c1-2-9-19(8-1)28-25(31-37-34-28)16-22-14-7-15-23(17-26-29(35-38-32-26)20-10-3-4-11-20)24(22)18-27-30(36-39-33-27)21-12-5-6-13-21/h1-15,19-21H,16-18H2,(H,31,34,37)(H,32,35,38)(H,33,36,39). The van der Waals surface area contributed by atoms with Gasteiger partial charge in [-0.1, -0.05) is 91.1 Å². The van der Waals surface area contributed by atoms with E-state index in [9.17, 15) is 0 Å². The molecule has 9 nitrogen and oxygen atoms in total. The second kappa shape index (κ2) is 10.1. The van der Waals surface area contributed by atoms with Crippen molar-refractivity contribution in [3.8, 4) is 0 Å². The van der Waals surface area contributed by atoms with Crippen LogP contribution in [0.5, 0.6) is 0 Å². The number of nitrogens with zero attached hydrogens (tertiary/aromatic N) is 6. The lowest BCUT2D eigenvalue weighted by molar-refractivity contribution is 0.890. The van der Waals surface area contributed by atoms with Crippen molar-refractivity contribution in [3.05, 3.63) is 142 Å². The first-order chi connectivity index (χ1) is 19.3. The van der Waals surface area contributed by atoms with Gasteiger partial charge in [-0.3, -0.25) is 0 Å². The molecule has 1 aromatic carbocycles. The van der Waals surface area contributed by atoms with Gasteiger partial charge in [-0.05, 0) is 16.7 Å². The maximum atomic E-state index is 4.58. The Morgan fingerprint density at radius 1 is 0.462 bits per heavy atom. The third-order valence-corrected chi connectivity index (χ3v) is 7.57. The third-order valence-electron chi connectivity index (χ3n) is 7.57. The molecule has 0 bridgehead atoms. The van der Waals surface area contributed by atoms with Crippen LogP contribution in [0.4, 0.5) is 0 Å². The van der Waals surface area contributed by atoms with Crippen molar-refractivity contribution in [1.82, 2.24) is 46.2 Å². The van der Waals surface area contributed by atoms with Crippen molar-refractivity contribution < 1.29 is 0 Å². The zero-order chi connectivity index (χ0) is 26.0. The van der Waals surface area contributed by atoms with Crippen LogP contribution in [0.3, 0.4) is 0 Å². The Kier molecular flexibility index (Phi) is 6.01. The second-order valence-electron chi connectivity index (χ2n) is 9.94. The van der Waals surface area contributed by atoms with Crippen LogP contribution in [-0.2, 0) is 19.3 Å². The Bertz CT molecular complexity index is 1550. The number of allylic oxidation sites excluding steroid dienone is 12. The van der Waals surface area contributed by atoms with Crippen LogP contribution in [0.2, 0.25) is 0 Å². The van der Waals surface area contributed by atoms with Gasteiger partial charge >= 0.3 is 0 Å². The van der Waals surface area contributed by atoms with E-state index < -0.39 is 0 Å². The van der Waals surface area contributed by atoms with Crippen LogP contribution >= 0.6 is 0 Å². The van der Waals surface area contributed by atoms with Crippen molar-refractivity contribution in [3.63, 3.8) is 0 Å². The van der Waals surface area contributed by atoms with E-state index >= 15 is 0 Å². The van der Waals surface area contributed by atoms with Crippen molar-refractivity contribution in [2.75, 3.05) is 0 Å². The largest absolute Gasteiger partial charge is 0.197 e. The van der Waals surface area contributed by atoms with Crippen molar-refractivity contribution in [1.29, 1.82) is 0 Å². The fourth-order valence-electron chi connectivity index (χ4n) is 5.59. The SMILES string of the molecule is C1=CC(c2n[nH]nc2Cc2cccc(Cc3n[nH]nc3C3C=CC=C3)c2Cc2n[nH]nc2C2C=CC=C2)C=C1. The summed E-state index contributed by atoms with van der Waals surface area (Å²) in [6, 6.07) is 6.47. The number of nitrogens with one attached hydrogen (secondary N) is 3. The van der Waals surface area contributed by atoms with E-state index in [2.05, 4.69) is 137 Å². The Morgan fingerprint density at radius 2 is 0.821 bits per heavy atom. The molecule has 3 N–H and O–H groups in total. The third kappa shape index (κ3) is 4.52. The summed E-state index contributed by atoms with van der Waals surface area (Å²) in [7, 11) is 0. The summed E-state index contributed by atoms with van der Waals surface area (Å²) in [4.78, 5) is 0. The predicted octanol–water partition coefficient (Wildman–Crippen LogP) is 4.44. The quantitative estimate of drug-likeness (QED) is 0.304. The van der Waals surface area contributed by atoms with Crippen molar-refractivity contribution >= 4 is 0 Å². The van der Waals surface area contributed by atoms with Crippen LogP contribution < -0.4 is 0 Å². The Labute approximate surface area is 225 Å². The van der Waals surface area contributed by atoms with Gasteiger partial charge in [-0.15, -0.1) is 0 Å². The summed E-state index contributed by atoms with van der Waals surface area (Å²) < 4.78 is 0. The van der Waals surface area contributed by atoms with E-state index in [4.69, 9.17) is 0 Å². The molecule has 0 unspecified atom stereocenters. The second-order valence-corrected chi connectivity index (χ2v) is 9.94. The molecular formula is C30H27N9. The molecule has 0 atom stereocenters. The maximum Gasteiger partial charge on any atom is 0.0966 e. The van der Waals surface area contributed by atoms with Gasteiger partial charge in [0.2, 0.25) is 0 Å². The molecule has 0 saturated heterocycles. The first kappa shape index (κ1) is 23.2. The van der Waals surface area contributed by atoms with Gasteiger partial charge in [0.25, 0.3) is 0 Å². The number of aromatic nitrogens is 9. The van der Waals surface area contributed by atoms with E-state index in [0.717, 1.165) is 34.2 Å². The number of aromatic amines is 3. The molecule has 192 valence electrons. The van der Waals surface area contributed by atoms with Crippen LogP contribution in [-0.4, -0.2) is 46.2 Å². The molecule has 39 heavy (non-hydrogen) atoms. The lowest BCUT2D eigenvalue weighted by Gasteiger charge is -2.16. The molecule has 3 aromatic heterocycles. The number of H-pyrrole nitrogens is 3. The molecule has 0 radical (unpaired) electrons. The minimum atomic E-state index is 0.125. The highest BCUT2D eigenvalue weighted by molar-refractivity contribution is 5.46. The van der Waals surface area contributed by atoms with Gasteiger partial charge in [-0.2, -0.15) is 46.2 Å². The van der Waals surface area contributed by atoms with Gasteiger partial charge in [0, 0.05) is 37.0 Å². The minimum Gasteiger partial charge on any atom is -0.197 e. The fourth-order valence-corrected chi connectivity index (χ4v) is 5.59. The van der Waals surface area contributed by atoms with E-state index in [1.807, 2.05) is 0 Å². The van der Waals surface area contributed by atoms with E-state index in [1.54, 1.807) is 0 Å². The smallest absolute Gasteiger partial charge is 0.0966 e. The summed E-state index contributed by atoms with van der Waals surface area (Å²) in [5.41, 5.74) is 9.27. The highest BCUT2D eigenvalue weighted by Crippen LogP contribution is 2.31.